The molecule has 6 heteroatoms. The van der Waals surface area contributed by atoms with E-state index in [-0.39, 0.29) is 0 Å². The predicted molar refractivity (Wildman–Crippen MR) is 120 cm³/mol. The molecule has 29 heavy (non-hydrogen) atoms. The van der Waals surface area contributed by atoms with Gasteiger partial charge >= 0.3 is 0 Å². The second kappa shape index (κ2) is 12.2. The van der Waals surface area contributed by atoms with Crippen LogP contribution in [0.15, 0.2) is 29.3 Å². The molecule has 6 nitrogen and oxygen atoms in total. The SMILES string of the molecule is CCNC(=NCc1ccccc1CN1CCC(C)CC1)NCCN1CCOCC1. The monoisotopic (exact) mass is 401 g/mol. The maximum atomic E-state index is 5.42. The summed E-state index contributed by atoms with van der Waals surface area (Å²) in [7, 11) is 0. The molecule has 162 valence electrons. The van der Waals surface area contributed by atoms with E-state index >= 15 is 0 Å². The zero-order valence-electron chi connectivity index (χ0n) is 18.3. The zero-order valence-corrected chi connectivity index (χ0v) is 18.3. The van der Waals surface area contributed by atoms with Gasteiger partial charge in [0.25, 0.3) is 0 Å². The lowest BCUT2D eigenvalue weighted by Crippen LogP contribution is -2.44. The van der Waals surface area contributed by atoms with Gasteiger partial charge in [0.15, 0.2) is 5.96 Å². The van der Waals surface area contributed by atoms with Gasteiger partial charge in [-0.3, -0.25) is 9.80 Å². The molecule has 2 aliphatic rings. The maximum absolute atomic E-state index is 5.42. The summed E-state index contributed by atoms with van der Waals surface area (Å²) >= 11 is 0. The summed E-state index contributed by atoms with van der Waals surface area (Å²) in [6.45, 7) is 15.2. The molecule has 0 amide bonds. The predicted octanol–water partition coefficient (Wildman–Crippen LogP) is 2.31. The summed E-state index contributed by atoms with van der Waals surface area (Å²) in [5.74, 6) is 1.78. The summed E-state index contributed by atoms with van der Waals surface area (Å²) in [5, 5.41) is 6.87. The number of piperidine rings is 1. The molecule has 2 N–H and O–H groups in total. The number of aliphatic imine (C=N–C) groups is 1. The molecule has 0 atom stereocenters. The summed E-state index contributed by atoms with van der Waals surface area (Å²) in [4.78, 5) is 9.90. The topological polar surface area (TPSA) is 52.1 Å². The highest BCUT2D eigenvalue weighted by atomic mass is 16.5. The van der Waals surface area contributed by atoms with Crippen molar-refractivity contribution in [3.63, 3.8) is 0 Å². The number of nitrogens with one attached hydrogen (secondary N) is 2. The first-order valence-electron chi connectivity index (χ1n) is 11.4. The van der Waals surface area contributed by atoms with Crippen LogP contribution in [0.1, 0.15) is 37.8 Å². The lowest BCUT2D eigenvalue weighted by Gasteiger charge is -2.30. The molecular weight excluding hydrogens is 362 g/mol. The third-order valence-corrected chi connectivity index (χ3v) is 5.96. The number of benzene rings is 1. The molecule has 1 aromatic carbocycles. The van der Waals surface area contributed by atoms with E-state index in [2.05, 4.69) is 58.5 Å². The van der Waals surface area contributed by atoms with E-state index in [0.717, 1.165) is 64.4 Å². The third-order valence-electron chi connectivity index (χ3n) is 5.96. The Morgan fingerprint density at radius 3 is 2.48 bits per heavy atom. The summed E-state index contributed by atoms with van der Waals surface area (Å²) in [6.07, 6.45) is 2.63. The van der Waals surface area contributed by atoms with E-state index in [1.807, 2.05) is 0 Å². The molecule has 0 unspecified atom stereocenters. The van der Waals surface area contributed by atoms with Crippen LogP contribution in [-0.4, -0.2) is 74.8 Å². The number of ether oxygens (including phenoxy) is 1. The highest BCUT2D eigenvalue weighted by Gasteiger charge is 2.16. The minimum absolute atomic E-state index is 0.716. The fourth-order valence-corrected chi connectivity index (χ4v) is 3.99. The van der Waals surface area contributed by atoms with Crippen LogP contribution in [-0.2, 0) is 17.8 Å². The molecule has 2 saturated heterocycles. The van der Waals surface area contributed by atoms with Crippen molar-refractivity contribution < 1.29 is 4.74 Å². The zero-order chi connectivity index (χ0) is 20.3. The molecule has 0 spiro atoms. The number of likely N-dealkylation sites (tertiary alicyclic amines) is 1. The molecule has 0 radical (unpaired) electrons. The minimum atomic E-state index is 0.716. The van der Waals surface area contributed by atoms with Gasteiger partial charge in [0.1, 0.15) is 0 Å². The normalized spacial score (nSPS) is 20.0. The molecule has 2 fully saturated rings. The second-order valence-electron chi connectivity index (χ2n) is 8.30. The Kier molecular flexibility index (Phi) is 9.25. The quantitative estimate of drug-likeness (QED) is 0.517. The van der Waals surface area contributed by atoms with E-state index in [9.17, 15) is 0 Å². The lowest BCUT2D eigenvalue weighted by atomic mass is 9.98. The van der Waals surface area contributed by atoms with Crippen molar-refractivity contribution in [2.75, 3.05) is 59.0 Å². The van der Waals surface area contributed by atoms with Gasteiger partial charge in [-0.1, -0.05) is 31.2 Å². The number of hydrogen-bond donors (Lipinski definition) is 2. The van der Waals surface area contributed by atoms with Gasteiger partial charge in [-0.15, -0.1) is 0 Å². The Bertz CT molecular complexity index is 621. The van der Waals surface area contributed by atoms with Crippen molar-refractivity contribution in [1.29, 1.82) is 0 Å². The van der Waals surface area contributed by atoms with E-state index in [4.69, 9.17) is 9.73 Å². The highest BCUT2D eigenvalue weighted by Crippen LogP contribution is 2.20. The van der Waals surface area contributed by atoms with Gasteiger partial charge in [-0.05, 0) is 49.9 Å². The molecule has 1 aromatic rings. The second-order valence-corrected chi connectivity index (χ2v) is 8.30. The summed E-state index contributed by atoms with van der Waals surface area (Å²) < 4.78 is 5.42. The summed E-state index contributed by atoms with van der Waals surface area (Å²) in [5.41, 5.74) is 2.74. The molecule has 2 aliphatic heterocycles. The highest BCUT2D eigenvalue weighted by molar-refractivity contribution is 5.79. The molecule has 0 saturated carbocycles. The van der Waals surface area contributed by atoms with E-state index in [1.54, 1.807) is 0 Å². The van der Waals surface area contributed by atoms with Gasteiger partial charge in [0, 0.05) is 39.3 Å². The molecule has 3 rings (SSSR count). The van der Waals surface area contributed by atoms with Crippen LogP contribution in [0.4, 0.5) is 0 Å². The largest absolute Gasteiger partial charge is 0.379 e. The van der Waals surface area contributed by atoms with Crippen molar-refractivity contribution in [3.8, 4) is 0 Å². The molecule has 2 heterocycles. The maximum Gasteiger partial charge on any atom is 0.191 e. The van der Waals surface area contributed by atoms with Gasteiger partial charge in [0.2, 0.25) is 0 Å². The van der Waals surface area contributed by atoms with E-state index in [1.165, 1.54) is 37.1 Å². The van der Waals surface area contributed by atoms with Gasteiger partial charge in [-0.2, -0.15) is 0 Å². The molecule has 0 aromatic heterocycles. The smallest absolute Gasteiger partial charge is 0.191 e. The van der Waals surface area contributed by atoms with E-state index in [0.29, 0.717) is 6.54 Å². The van der Waals surface area contributed by atoms with Crippen LogP contribution in [0.2, 0.25) is 0 Å². The van der Waals surface area contributed by atoms with Crippen LogP contribution < -0.4 is 10.6 Å². The Labute approximate surface area is 176 Å². The van der Waals surface area contributed by atoms with Crippen molar-refractivity contribution in [1.82, 2.24) is 20.4 Å². The van der Waals surface area contributed by atoms with Crippen LogP contribution in [0.5, 0.6) is 0 Å². The molecule has 0 bridgehead atoms. The minimum Gasteiger partial charge on any atom is -0.379 e. The first kappa shape index (κ1) is 22.1. The number of rotatable bonds is 8. The number of guanidine groups is 1. The Hall–Kier alpha value is -1.63. The first-order valence-corrected chi connectivity index (χ1v) is 11.4. The average molecular weight is 402 g/mol. The van der Waals surface area contributed by atoms with Crippen LogP contribution in [0.3, 0.4) is 0 Å². The van der Waals surface area contributed by atoms with Crippen molar-refractivity contribution in [2.45, 2.75) is 39.8 Å². The fraction of sp³-hybridized carbons (Fsp3) is 0.696. The van der Waals surface area contributed by atoms with Crippen LogP contribution in [0, 0.1) is 5.92 Å². The molecular formula is C23H39N5O. The lowest BCUT2D eigenvalue weighted by molar-refractivity contribution is 0.0389. The number of nitrogens with zero attached hydrogens (tertiary/aromatic N) is 3. The Morgan fingerprint density at radius 1 is 1.03 bits per heavy atom. The summed E-state index contributed by atoms with van der Waals surface area (Å²) in [6, 6.07) is 8.77. The van der Waals surface area contributed by atoms with Gasteiger partial charge < -0.3 is 15.4 Å². The van der Waals surface area contributed by atoms with Crippen LogP contribution in [0.25, 0.3) is 0 Å². The Balaban J connectivity index is 1.52. The van der Waals surface area contributed by atoms with Crippen LogP contribution >= 0.6 is 0 Å². The third kappa shape index (κ3) is 7.61. The van der Waals surface area contributed by atoms with Gasteiger partial charge in [-0.25, -0.2) is 4.99 Å². The van der Waals surface area contributed by atoms with Crippen molar-refractivity contribution in [3.05, 3.63) is 35.4 Å². The fourth-order valence-electron chi connectivity index (χ4n) is 3.99. The van der Waals surface area contributed by atoms with Crippen molar-refractivity contribution in [2.24, 2.45) is 10.9 Å². The molecule has 0 aliphatic carbocycles. The van der Waals surface area contributed by atoms with E-state index < -0.39 is 0 Å². The average Bonchev–Trinajstić information content (AvgIpc) is 2.75. The standard InChI is InChI=1S/C23H39N5O/c1-3-24-23(25-10-13-27-14-16-29-17-15-27)26-18-21-6-4-5-7-22(21)19-28-11-8-20(2)9-12-28/h4-7,20H,3,8-19H2,1-2H3,(H2,24,25,26). The number of morpholine rings is 1. The Morgan fingerprint density at radius 2 is 1.76 bits per heavy atom. The number of hydrogen-bond acceptors (Lipinski definition) is 4. The van der Waals surface area contributed by atoms with Crippen molar-refractivity contribution >= 4 is 5.96 Å². The first-order chi connectivity index (χ1) is 14.2. The van der Waals surface area contributed by atoms with Gasteiger partial charge in [0.05, 0.1) is 19.8 Å².